The van der Waals surface area contributed by atoms with Crippen LogP contribution in [-0.2, 0) is 14.3 Å². The van der Waals surface area contributed by atoms with Crippen molar-refractivity contribution in [1.82, 2.24) is 14.7 Å². The summed E-state index contributed by atoms with van der Waals surface area (Å²) in [4.78, 5) is 42.5. The predicted octanol–water partition coefficient (Wildman–Crippen LogP) is 0.543. The summed E-state index contributed by atoms with van der Waals surface area (Å²) in [6.45, 7) is 5.20. The van der Waals surface area contributed by atoms with Crippen molar-refractivity contribution in [2.75, 3.05) is 71.5 Å². The van der Waals surface area contributed by atoms with Crippen LogP contribution in [0.25, 0.3) is 0 Å². The number of esters is 1. The number of nitrogens with zero attached hydrogens (tertiary/aromatic N) is 3. The van der Waals surface area contributed by atoms with E-state index in [0.29, 0.717) is 56.5 Å². The van der Waals surface area contributed by atoms with Gasteiger partial charge in [-0.05, 0) is 11.4 Å². The van der Waals surface area contributed by atoms with E-state index >= 15 is 0 Å². The quantitative estimate of drug-likeness (QED) is 0.747. The van der Waals surface area contributed by atoms with Crippen molar-refractivity contribution in [3.05, 3.63) is 16.3 Å². The third kappa shape index (κ3) is 4.96. The number of amides is 3. The van der Waals surface area contributed by atoms with Gasteiger partial charge >= 0.3 is 12.0 Å². The molecule has 3 rings (SSSR count). The van der Waals surface area contributed by atoms with Gasteiger partial charge in [0.2, 0.25) is 5.91 Å². The zero-order valence-electron chi connectivity index (χ0n) is 15.3. The van der Waals surface area contributed by atoms with E-state index in [2.05, 4.69) is 10.2 Å². The number of piperazine rings is 1. The Morgan fingerprint density at radius 2 is 1.78 bits per heavy atom. The molecule has 1 N–H and O–H groups in total. The number of hydrogen-bond acceptors (Lipinski definition) is 7. The minimum atomic E-state index is -0.473. The highest BCUT2D eigenvalue weighted by atomic mass is 32.1. The van der Waals surface area contributed by atoms with E-state index in [1.165, 1.54) is 18.4 Å². The molecule has 3 amide bonds. The Morgan fingerprint density at radius 3 is 2.44 bits per heavy atom. The largest absolute Gasteiger partial charge is 0.465 e. The van der Waals surface area contributed by atoms with Gasteiger partial charge in [-0.1, -0.05) is 0 Å². The van der Waals surface area contributed by atoms with Crippen molar-refractivity contribution >= 4 is 34.9 Å². The first kappa shape index (κ1) is 19.6. The van der Waals surface area contributed by atoms with Gasteiger partial charge in [0.25, 0.3) is 0 Å². The first-order valence-corrected chi connectivity index (χ1v) is 9.76. The molecule has 2 fully saturated rings. The van der Waals surface area contributed by atoms with Crippen molar-refractivity contribution in [2.24, 2.45) is 0 Å². The predicted molar refractivity (Wildman–Crippen MR) is 100 cm³/mol. The molecule has 10 heteroatoms. The van der Waals surface area contributed by atoms with Gasteiger partial charge in [0, 0.05) is 39.3 Å². The number of carbonyl (C=O) groups is 3. The lowest BCUT2D eigenvalue weighted by atomic mass is 10.3. The summed E-state index contributed by atoms with van der Waals surface area (Å²) in [6, 6.07) is 1.40. The number of methoxy groups -OCH3 is 1. The van der Waals surface area contributed by atoms with Crippen LogP contribution in [0.5, 0.6) is 0 Å². The number of nitrogens with one attached hydrogen (secondary N) is 1. The molecule has 2 aliphatic heterocycles. The van der Waals surface area contributed by atoms with Crippen LogP contribution in [-0.4, -0.2) is 98.7 Å². The minimum Gasteiger partial charge on any atom is -0.465 e. The smallest absolute Gasteiger partial charge is 0.350 e. The highest BCUT2D eigenvalue weighted by molar-refractivity contribution is 7.12. The average molecular weight is 396 g/mol. The molecule has 9 nitrogen and oxygen atoms in total. The van der Waals surface area contributed by atoms with Crippen molar-refractivity contribution in [2.45, 2.75) is 0 Å². The van der Waals surface area contributed by atoms with Gasteiger partial charge in [0.05, 0.1) is 32.6 Å². The molecule has 1 aromatic heterocycles. The Morgan fingerprint density at radius 1 is 1.11 bits per heavy atom. The monoisotopic (exact) mass is 396 g/mol. The molecule has 1 aromatic rings. The molecule has 27 heavy (non-hydrogen) atoms. The maximum Gasteiger partial charge on any atom is 0.350 e. The van der Waals surface area contributed by atoms with Crippen molar-refractivity contribution in [3.63, 3.8) is 0 Å². The van der Waals surface area contributed by atoms with Crippen LogP contribution in [0.3, 0.4) is 0 Å². The highest BCUT2D eigenvalue weighted by Crippen LogP contribution is 2.23. The summed E-state index contributed by atoms with van der Waals surface area (Å²) in [5.74, 6) is -0.387. The SMILES string of the molecule is COC(=O)c1sccc1NC(=O)N1CCN(C(=O)CN2CCOCC2)CC1. The van der Waals surface area contributed by atoms with E-state index in [1.807, 2.05) is 0 Å². The fourth-order valence-electron chi connectivity index (χ4n) is 3.06. The Bertz CT molecular complexity index is 681. The molecule has 0 aliphatic carbocycles. The van der Waals surface area contributed by atoms with Gasteiger partial charge in [-0.3, -0.25) is 9.69 Å². The number of thiophene rings is 1. The Labute approximate surface area is 161 Å². The molecular weight excluding hydrogens is 372 g/mol. The maximum atomic E-state index is 12.5. The topological polar surface area (TPSA) is 91.4 Å². The molecule has 0 unspecified atom stereocenters. The summed E-state index contributed by atoms with van der Waals surface area (Å²) in [6.07, 6.45) is 0. The number of hydrogen-bond donors (Lipinski definition) is 1. The molecule has 0 atom stereocenters. The third-order valence-electron chi connectivity index (χ3n) is 4.66. The molecule has 0 aromatic carbocycles. The first-order chi connectivity index (χ1) is 13.1. The highest BCUT2D eigenvalue weighted by Gasteiger charge is 2.26. The molecule has 3 heterocycles. The molecule has 0 saturated carbocycles. The van der Waals surface area contributed by atoms with Gasteiger partial charge in [-0.25, -0.2) is 9.59 Å². The Kier molecular flexibility index (Phi) is 6.64. The maximum absolute atomic E-state index is 12.5. The summed E-state index contributed by atoms with van der Waals surface area (Å²) in [7, 11) is 1.31. The van der Waals surface area contributed by atoms with Crippen LogP contribution in [0, 0.1) is 0 Å². The number of rotatable bonds is 4. The Hall–Kier alpha value is -2.17. The van der Waals surface area contributed by atoms with Crippen LogP contribution in [0.2, 0.25) is 0 Å². The number of morpholine rings is 1. The molecule has 2 saturated heterocycles. The second kappa shape index (κ2) is 9.16. The second-order valence-electron chi connectivity index (χ2n) is 6.34. The molecule has 2 aliphatic rings. The number of carbonyl (C=O) groups excluding carboxylic acids is 3. The van der Waals surface area contributed by atoms with Crippen LogP contribution in [0.1, 0.15) is 9.67 Å². The van der Waals surface area contributed by atoms with Crippen molar-refractivity contribution in [1.29, 1.82) is 0 Å². The van der Waals surface area contributed by atoms with Crippen LogP contribution in [0.15, 0.2) is 11.4 Å². The van der Waals surface area contributed by atoms with E-state index < -0.39 is 5.97 Å². The van der Waals surface area contributed by atoms with E-state index in [4.69, 9.17) is 9.47 Å². The summed E-state index contributed by atoms with van der Waals surface area (Å²) >= 11 is 1.22. The van der Waals surface area contributed by atoms with Gasteiger partial charge in [0.1, 0.15) is 4.88 Å². The van der Waals surface area contributed by atoms with E-state index in [9.17, 15) is 14.4 Å². The van der Waals surface area contributed by atoms with E-state index in [0.717, 1.165) is 13.1 Å². The van der Waals surface area contributed by atoms with Crippen molar-refractivity contribution in [3.8, 4) is 0 Å². The second-order valence-corrected chi connectivity index (χ2v) is 7.26. The molecule has 0 radical (unpaired) electrons. The molecule has 0 bridgehead atoms. The lowest BCUT2D eigenvalue weighted by Crippen LogP contribution is -2.54. The number of urea groups is 1. The number of anilines is 1. The van der Waals surface area contributed by atoms with Gasteiger partial charge < -0.3 is 24.6 Å². The zero-order chi connectivity index (χ0) is 19.2. The summed E-state index contributed by atoms with van der Waals surface area (Å²) in [5, 5.41) is 4.48. The fourth-order valence-corrected chi connectivity index (χ4v) is 3.83. The van der Waals surface area contributed by atoms with Gasteiger partial charge in [-0.2, -0.15) is 0 Å². The first-order valence-electron chi connectivity index (χ1n) is 8.88. The molecule has 148 valence electrons. The van der Waals surface area contributed by atoms with E-state index in [1.54, 1.807) is 21.2 Å². The van der Waals surface area contributed by atoms with E-state index in [-0.39, 0.29) is 11.9 Å². The number of ether oxygens (including phenoxy) is 2. The fraction of sp³-hybridized carbons (Fsp3) is 0.588. The third-order valence-corrected chi connectivity index (χ3v) is 5.55. The molecular formula is C17H24N4O5S. The lowest BCUT2D eigenvalue weighted by molar-refractivity contribution is -0.134. The lowest BCUT2D eigenvalue weighted by Gasteiger charge is -2.36. The molecule has 0 spiro atoms. The summed E-state index contributed by atoms with van der Waals surface area (Å²) in [5.41, 5.74) is 0.447. The van der Waals surface area contributed by atoms with Crippen LogP contribution in [0.4, 0.5) is 10.5 Å². The van der Waals surface area contributed by atoms with Crippen LogP contribution < -0.4 is 5.32 Å². The summed E-state index contributed by atoms with van der Waals surface area (Å²) < 4.78 is 10.0. The standard InChI is InChI=1S/C17H24N4O5S/c1-25-16(23)15-13(2-11-27-15)18-17(24)21-5-3-20(4-6-21)14(22)12-19-7-9-26-10-8-19/h2,11H,3-10,12H2,1H3,(H,18,24). The van der Waals surface area contributed by atoms with Gasteiger partial charge in [0.15, 0.2) is 0 Å². The average Bonchev–Trinajstić information content (AvgIpc) is 3.16. The van der Waals surface area contributed by atoms with Crippen molar-refractivity contribution < 1.29 is 23.9 Å². The van der Waals surface area contributed by atoms with Gasteiger partial charge in [-0.15, -0.1) is 11.3 Å². The normalized spacial score (nSPS) is 18.3. The Balaban J connectivity index is 1.47. The minimum absolute atomic E-state index is 0.0859. The van der Waals surface area contributed by atoms with Crippen LogP contribution >= 0.6 is 11.3 Å². The zero-order valence-corrected chi connectivity index (χ0v) is 16.1.